The van der Waals surface area contributed by atoms with Crippen LogP contribution in [-0.2, 0) is 0 Å². The minimum Gasteiger partial charge on any atom is -0.491 e. The van der Waals surface area contributed by atoms with Crippen LogP contribution in [0.15, 0.2) is 60.9 Å². The summed E-state index contributed by atoms with van der Waals surface area (Å²) in [6, 6.07) is 17.3. The molecule has 192 valence electrons. The third kappa shape index (κ3) is 6.83. The van der Waals surface area contributed by atoms with E-state index in [-0.39, 0.29) is 35.9 Å². The number of amides is 1. The van der Waals surface area contributed by atoms with Gasteiger partial charge in [0.1, 0.15) is 17.5 Å². The van der Waals surface area contributed by atoms with Crippen LogP contribution in [0.3, 0.4) is 0 Å². The SMILES string of the molecule is CC(C)Oc1ccc([C@H](c2ccc(OC(C)C)nc2)N2CCC(NC(=O)c3ccc(C#N)nc3)C2)cc1. The Kier molecular flexibility index (Phi) is 8.36. The normalized spacial score (nSPS) is 16.4. The predicted molar refractivity (Wildman–Crippen MR) is 140 cm³/mol. The molecule has 1 aliphatic rings. The second kappa shape index (κ2) is 11.8. The summed E-state index contributed by atoms with van der Waals surface area (Å²) in [5.74, 6) is 1.24. The second-order valence-corrected chi connectivity index (χ2v) is 9.73. The van der Waals surface area contributed by atoms with Crippen molar-refractivity contribution in [3.05, 3.63) is 83.3 Å². The zero-order valence-corrected chi connectivity index (χ0v) is 21.7. The monoisotopic (exact) mass is 499 g/mol. The molecule has 0 aliphatic carbocycles. The smallest absolute Gasteiger partial charge is 0.253 e. The Morgan fingerprint density at radius 2 is 1.70 bits per heavy atom. The van der Waals surface area contributed by atoms with Crippen molar-refractivity contribution in [2.75, 3.05) is 13.1 Å². The second-order valence-electron chi connectivity index (χ2n) is 9.73. The summed E-state index contributed by atoms with van der Waals surface area (Å²) >= 11 is 0. The number of nitriles is 1. The average molecular weight is 500 g/mol. The van der Waals surface area contributed by atoms with Crippen LogP contribution in [0.1, 0.15) is 67.3 Å². The molecule has 4 rings (SSSR count). The third-order valence-electron chi connectivity index (χ3n) is 6.06. The van der Waals surface area contributed by atoms with Crippen molar-refractivity contribution in [2.24, 2.45) is 0 Å². The van der Waals surface area contributed by atoms with Crippen LogP contribution >= 0.6 is 0 Å². The first-order valence-electron chi connectivity index (χ1n) is 12.6. The lowest BCUT2D eigenvalue weighted by Crippen LogP contribution is -2.38. The van der Waals surface area contributed by atoms with Crippen LogP contribution in [0.2, 0.25) is 0 Å². The number of rotatable bonds is 9. The quantitative estimate of drug-likeness (QED) is 0.462. The van der Waals surface area contributed by atoms with Crippen molar-refractivity contribution in [1.82, 2.24) is 20.2 Å². The maximum Gasteiger partial charge on any atom is 0.253 e. The van der Waals surface area contributed by atoms with E-state index >= 15 is 0 Å². The molecule has 0 bridgehead atoms. The van der Waals surface area contributed by atoms with Crippen molar-refractivity contribution in [3.8, 4) is 17.7 Å². The highest BCUT2D eigenvalue weighted by Crippen LogP contribution is 2.33. The zero-order valence-electron chi connectivity index (χ0n) is 21.7. The zero-order chi connectivity index (χ0) is 26.4. The van der Waals surface area contributed by atoms with Crippen molar-refractivity contribution >= 4 is 5.91 Å². The number of ether oxygens (including phenoxy) is 2. The number of pyridine rings is 2. The van der Waals surface area contributed by atoms with Crippen LogP contribution < -0.4 is 14.8 Å². The molecule has 2 aromatic heterocycles. The van der Waals surface area contributed by atoms with Gasteiger partial charge in [0, 0.05) is 37.6 Å². The number of nitrogens with one attached hydrogen (secondary N) is 1. The molecule has 37 heavy (non-hydrogen) atoms. The molecule has 1 fully saturated rings. The highest BCUT2D eigenvalue weighted by Gasteiger charge is 2.31. The summed E-state index contributed by atoms with van der Waals surface area (Å²) in [5.41, 5.74) is 2.91. The van der Waals surface area contributed by atoms with Crippen LogP contribution in [0.25, 0.3) is 0 Å². The first-order chi connectivity index (χ1) is 17.8. The molecule has 2 atom stereocenters. The molecule has 0 saturated carbocycles. The molecule has 1 unspecified atom stereocenters. The van der Waals surface area contributed by atoms with Gasteiger partial charge in [-0.25, -0.2) is 9.97 Å². The number of carbonyl (C=O) groups excluding carboxylic acids is 1. The minimum atomic E-state index is -0.188. The van der Waals surface area contributed by atoms with Gasteiger partial charge in [0.05, 0.1) is 23.8 Å². The fourth-order valence-electron chi connectivity index (χ4n) is 4.48. The Balaban J connectivity index is 1.52. The Labute approximate surface area is 218 Å². The van der Waals surface area contributed by atoms with Crippen LogP contribution in [0.5, 0.6) is 11.6 Å². The van der Waals surface area contributed by atoms with E-state index in [0.29, 0.717) is 18.0 Å². The van der Waals surface area contributed by atoms with E-state index in [9.17, 15) is 4.79 Å². The fourth-order valence-corrected chi connectivity index (χ4v) is 4.48. The van der Waals surface area contributed by atoms with Crippen LogP contribution in [0, 0.1) is 11.3 Å². The van der Waals surface area contributed by atoms with E-state index in [1.807, 2.05) is 58.2 Å². The number of hydrogen-bond acceptors (Lipinski definition) is 7. The molecule has 1 aliphatic heterocycles. The number of benzene rings is 1. The van der Waals surface area contributed by atoms with Gasteiger partial charge in [-0.05, 0) is 69.5 Å². The maximum absolute atomic E-state index is 12.8. The standard InChI is InChI=1S/C29H33N5O3/c1-19(2)36-26-10-6-21(7-11-26)28(22-8-12-27(32-16-22)37-20(3)4)34-14-13-25(18-34)33-29(35)23-5-9-24(15-30)31-17-23/h5-12,16-17,19-20,25,28H,13-14,18H2,1-4H3,(H,33,35)/t25?,28-/m1/s1. The van der Waals surface area contributed by atoms with Crippen molar-refractivity contribution in [3.63, 3.8) is 0 Å². The van der Waals surface area contributed by atoms with Gasteiger partial charge in [0.25, 0.3) is 5.91 Å². The van der Waals surface area contributed by atoms with Gasteiger partial charge in [-0.3, -0.25) is 9.69 Å². The number of aromatic nitrogens is 2. The van der Waals surface area contributed by atoms with Crippen molar-refractivity contribution < 1.29 is 14.3 Å². The fraction of sp³-hybridized carbons (Fsp3) is 0.379. The Bertz CT molecular complexity index is 1160. The molecule has 1 aromatic carbocycles. The highest BCUT2D eigenvalue weighted by atomic mass is 16.5. The van der Waals surface area contributed by atoms with Gasteiger partial charge in [-0.15, -0.1) is 0 Å². The summed E-state index contributed by atoms with van der Waals surface area (Å²) in [6.07, 6.45) is 4.29. The summed E-state index contributed by atoms with van der Waals surface area (Å²) in [5, 5.41) is 12.1. The van der Waals surface area contributed by atoms with E-state index in [0.717, 1.165) is 29.8 Å². The molecule has 3 aromatic rings. The van der Waals surface area contributed by atoms with Crippen LogP contribution in [-0.4, -0.2) is 52.1 Å². The number of likely N-dealkylation sites (tertiary alicyclic amines) is 1. The number of carbonyl (C=O) groups is 1. The molecular weight excluding hydrogens is 466 g/mol. The molecule has 1 N–H and O–H groups in total. The molecule has 8 heteroatoms. The van der Waals surface area contributed by atoms with E-state index in [2.05, 4.69) is 38.4 Å². The minimum absolute atomic E-state index is 0.00861. The predicted octanol–water partition coefficient (Wildman–Crippen LogP) is 4.52. The van der Waals surface area contributed by atoms with Gasteiger partial charge in [-0.2, -0.15) is 5.26 Å². The Hall–Kier alpha value is -3.96. The highest BCUT2D eigenvalue weighted by molar-refractivity contribution is 5.94. The van der Waals surface area contributed by atoms with Crippen molar-refractivity contribution in [2.45, 2.75) is 58.4 Å². The number of hydrogen-bond donors (Lipinski definition) is 1. The van der Waals surface area contributed by atoms with E-state index in [4.69, 9.17) is 14.7 Å². The molecule has 1 amide bonds. The average Bonchev–Trinajstić information content (AvgIpc) is 3.33. The molecule has 0 spiro atoms. The largest absolute Gasteiger partial charge is 0.491 e. The van der Waals surface area contributed by atoms with Gasteiger partial charge in [-0.1, -0.05) is 18.2 Å². The van der Waals surface area contributed by atoms with Gasteiger partial charge < -0.3 is 14.8 Å². The molecule has 1 saturated heterocycles. The Morgan fingerprint density at radius 3 is 2.30 bits per heavy atom. The molecule has 0 radical (unpaired) electrons. The van der Waals surface area contributed by atoms with E-state index in [1.165, 1.54) is 6.20 Å². The molecule has 3 heterocycles. The van der Waals surface area contributed by atoms with E-state index < -0.39 is 0 Å². The van der Waals surface area contributed by atoms with Crippen LogP contribution in [0.4, 0.5) is 0 Å². The first-order valence-corrected chi connectivity index (χ1v) is 12.6. The van der Waals surface area contributed by atoms with Gasteiger partial charge in [0.2, 0.25) is 5.88 Å². The summed E-state index contributed by atoms with van der Waals surface area (Å²) in [4.78, 5) is 23.7. The summed E-state index contributed by atoms with van der Waals surface area (Å²) in [6.45, 7) is 9.48. The topological polar surface area (TPSA) is 100 Å². The number of nitrogens with zero attached hydrogens (tertiary/aromatic N) is 4. The summed E-state index contributed by atoms with van der Waals surface area (Å²) < 4.78 is 11.6. The summed E-state index contributed by atoms with van der Waals surface area (Å²) in [7, 11) is 0. The lowest BCUT2D eigenvalue weighted by Gasteiger charge is -2.29. The van der Waals surface area contributed by atoms with Gasteiger partial charge in [0.15, 0.2) is 0 Å². The van der Waals surface area contributed by atoms with Crippen molar-refractivity contribution in [1.29, 1.82) is 5.26 Å². The maximum atomic E-state index is 12.8. The molecule has 8 nitrogen and oxygen atoms in total. The molecular formula is C29H33N5O3. The first kappa shape index (κ1) is 26.1. The van der Waals surface area contributed by atoms with Gasteiger partial charge >= 0.3 is 0 Å². The lowest BCUT2D eigenvalue weighted by atomic mass is 9.98. The lowest BCUT2D eigenvalue weighted by molar-refractivity contribution is 0.0936. The van der Waals surface area contributed by atoms with E-state index in [1.54, 1.807) is 12.1 Å². The Morgan fingerprint density at radius 1 is 0.973 bits per heavy atom. The third-order valence-corrected chi connectivity index (χ3v) is 6.06.